The predicted octanol–water partition coefficient (Wildman–Crippen LogP) is 0.755. The van der Waals surface area contributed by atoms with Crippen LogP contribution in [0, 0.1) is 20.8 Å². The summed E-state index contributed by atoms with van der Waals surface area (Å²) in [6.07, 6.45) is 0. The van der Waals surface area contributed by atoms with E-state index in [1.54, 1.807) is 0 Å². The summed E-state index contributed by atoms with van der Waals surface area (Å²) in [5, 5.41) is 0. The molecule has 10 heteroatoms. The van der Waals surface area contributed by atoms with Crippen LogP contribution >= 0.6 is 15.6 Å². The predicted molar refractivity (Wildman–Crippen MR) is 69.2 cm³/mol. The Bertz CT molecular complexity index is 418. The van der Waals surface area contributed by atoms with E-state index in [1.165, 1.54) is 16.7 Å². The van der Waals surface area contributed by atoms with Gasteiger partial charge in [0.05, 0.1) is 0 Å². The van der Waals surface area contributed by atoms with Crippen LogP contribution in [-0.2, 0) is 9.13 Å². The third-order valence-corrected chi connectivity index (χ3v) is 1.88. The molecule has 0 aromatic heterocycles. The van der Waals surface area contributed by atoms with E-state index < -0.39 is 15.6 Å². The fourth-order valence-electron chi connectivity index (χ4n) is 0.898. The normalized spacial score (nSPS) is 10.8. The van der Waals surface area contributed by atoms with Crippen LogP contribution in [0.15, 0.2) is 18.2 Å². The summed E-state index contributed by atoms with van der Waals surface area (Å²) in [5.74, 6) is 0. The van der Waals surface area contributed by atoms with Gasteiger partial charge in [0, 0.05) is 0 Å². The van der Waals surface area contributed by atoms with Crippen LogP contribution in [0.25, 0.3) is 0 Å². The molecule has 0 saturated carbocycles. The van der Waals surface area contributed by atoms with Gasteiger partial charge in [-0.05, 0) is 37.5 Å². The molecular weight excluding hydrogens is 298 g/mol. The topological polar surface area (TPSA) is 156 Å². The van der Waals surface area contributed by atoms with Crippen molar-refractivity contribution in [3.8, 4) is 0 Å². The van der Waals surface area contributed by atoms with E-state index in [9.17, 15) is 0 Å². The Hall–Kier alpha value is -0.560. The highest BCUT2D eigenvalue weighted by atomic mass is 31.2. The summed E-state index contributed by atoms with van der Waals surface area (Å²) in [5.41, 5.74) is 4.18. The summed E-state index contributed by atoms with van der Waals surface area (Å²) in [6.45, 7) is 6.44. The second-order valence-corrected chi connectivity index (χ2v) is 5.60. The van der Waals surface area contributed by atoms with E-state index in [0.29, 0.717) is 0 Å². The van der Waals surface area contributed by atoms with Gasteiger partial charge in [-0.15, -0.1) is 0 Å². The van der Waals surface area contributed by atoms with Gasteiger partial charge in [-0.3, -0.25) is 0 Å². The highest BCUT2D eigenvalue weighted by molar-refractivity contribution is 7.45. The van der Waals surface area contributed by atoms with Gasteiger partial charge in [0.1, 0.15) is 0 Å². The van der Waals surface area contributed by atoms with Crippen LogP contribution in [0.5, 0.6) is 0 Å². The number of aryl methyl sites for hydroxylation is 2. The molecule has 0 aliphatic carbocycles. The first kappa shape index (κ1) is 20.8. The van der Waals surface area contributed by atoms with E-state index >= 15 is 0 Å². The monoisotopic (exact) mass is 316 g/mol. The van der Waals surface area contributed by atoms with E-state index in [1.807, 2.05) is 0 Å². The first-order chi connectivity index (χ1) is 8.22. The molecule has 0 heterocycles. The van der Waals surface area contributed by atoms with E-state index in [4.69, 9.17) is 38.5 Å². The van der Waals surface area contributed by atoms with Crippen molar-refractivity contribution >= 4 is 15.6 Å². The first-order valence-corrected chi connectivity index (χ1v) is 7.94. The SMILES string of the molecule is Cc1cccc(C)c1C.O=P(O)(O)O.O=P(O)(O)O. The lowest BCUT2D eigenvalue weighted by Crippen LogP contribution is -1.82. The van der Waals surface area contributed by atoms with Crippen molar-refractivity contribution in [2.75, 3.05) is 0 Å². The third-order valence-electron chi connectivity index (χ3n) is 1.88. The van der Waals surface area contributed by atoms with Crippen molar-refractivity contribution in [2.45, 2.75) is 20.8 Å². The van der Waals surface area contributed by atoms with Crippen LogP contribution < -0.4 is 0 Å². The van der Waals surface area contributed by atoms with Crippen LogP contribution in [-0.4, -0.2) is 29.4 Å². The fraction of sp³-hybridized carbons (Fsp3) is 0.333. The Kier molecular flexibility index (Phi) is 9.37. The smallest absolute Gasteiger partial charge is 0.303 e. The largest absolute Gasteiger partial charge is 0.466 e. The highest BCUT2D eigenvalue weighted by Crippen LogP contribution is 2.26. The van der Waals surface area contributed by atoms with E-state index in [2.05, 4.69) is 39.0 Å². The molecule has 0 atom stereocenters. The van der Waals surface area contributed by atoms with Gasteiger partial charge in [0.15, 0.2) is 0 Å². The minimum absolute atomic E-state index is 1.38. The molecule has 6 N–H and O–H groups in total. The average molecular weight is 316 g/mol. The van der Waals surface area contributed by atoms with Gasteiger partial charge in [-0.1, -0.05) is 18.2 Å². The van der Waals surface area contributed by atoms with Crippen LogP contribution in [0.1, 0.15) is 16.7 Å². The maximum atomic E-state index is 8.88. The summed E-state index contributed by atoms with van der Waals surface area (Å²) >= 11 is 0. The summed E-state index contributed by atoms with van der Waals surface area (Å²) in [7, 11) is -9.28. The molecule has 0 radical (unpaired) electrons. The number of rotatable bonds is 0. The summed E-state index contributed by atoms with van der Waals surface area (Å²) < 4.78 is 17.8. The van der Waals surface area contributed by atoms with Gasteiger partial charge in [0.2, 0.25) is 0 Å². The molecule has 0 spiro atoms. The van der Waals surface area contributed by atoms with Crippen LogP contribution in [0.4, 0.5) is 0 Å². The molecule has 0 amide bonds. The number of phosphoric acid groups is 2. The molecule has 0 fully saturated rings. The Balaban J connectivity index is 0. The van der Waals surface area contributed by atoms with Crippen molar-refractivity contribution < 1.29 is 38.5 Å². The minimum Gasteiger partial charge on any atom is -0.303 e. The molecule has 0 unspecified atom stereocenters. The van der Waals surface area contributed by atoms with Crippen molar-refractivity contribution in [2.24, 2.45) is 0 Å². The average Bonchev–Trinajstić information content (AvgIpc) is 2.08. The molecule has 0 aliphatic rings. The maximum absolute atomic E-state index is 8.88. The number of benzene rings is 1. The molecule has 1 aromatic carbocycles. The lowest BCUT2D eigenvalue weighted by atomic mass is 10.1. The zero-order valence-electron chi connectivity index (χ0n) is 10.6. The maximum Gasteiger partial charge on any atom is 0.466 e. The minimum atomic E-state index is -4.64. The molecule has 19 heavy (non-hydrogen) atoms. The van der Waals surface area contributed by atoms with Gasteiger partial charge in [0.25, 0.3) is 0 Å². The first-order valence-electron chi connectivity index (χ1n) is 4.81. The molecule has 112 valence electrons. The van der Waals surface area contributed by atoms with Gasteiger partial charge in [-0.25, -0.2) is 9.13 Å². The van der Waals surface area contributed by atoms with Gasteiger partial charge >= 0.3 is 15.6 Å². The molecule has 8 nitrogen and oxygen atoms in total. The quantitative estimate of drug-likeness (QED) is 0.383. The van der Waals surface area contributed by atoms with Gasteiger partial charge < -0.3 is 29.4 Å². The Morgan fingerprint density at radius 3 is 1.11 bits per heavy atom. The van der Waals surface area contributed by atoms with Crippen molar-refractivity contribution in [1.29, 1.82) is 0 Å². The Morgan fingerprint density at radius 1 is 0.737 bits per heavy atom. The third kappa shape index (κ3) is 23.0. The van der Waals surface area contributed by atoms with Crippen LogP contribution in [0.2, 0.25) is 0 Å². The molecule has 1 rings (SSSR count). The van der Waals surface area contributed by atoms with Gasteiger partial charge in [-0.2, -0.15) is 0 Å². The number of hydrogen-bond acceptors (Lipinski definition) is 2. The van der Waals surface area contributed by atoms with E-state index in [0.717, 1.165) is 0 Å². The fourth-order valence-corrected chi connectivity index (χ4v) is 0.898. The Labute approximate surface area is 110 Å². The lowest BCUT2D eigenvalue weighted by molar-refractivity contribution is 0.272. The van der Waals surface area contributed by atoms with Crippen molar-refractivity contribution in [3.63, 3.8) is 0 Å². The summed E-state index contributed by atoms with van der Waals surface area (Å²) in [4.78, 5) is 43.1. The van der Waals surface area contributed by atoms with Crippen molar-refractivity contribution in [1.82, 2.24) is 0 Å². The zero-order valence-corrected chi connectivity index (χ0v) is 12.4. The highest BCUT2D eigenvalue weighted by Gasteiger charge is 2.00. The van der Waals surface area contributed by atoms with E-state index in [-0.39, 0.29) is 0 Å². The summed E-state index contributed by atoms with van der Waals surface area (Å²) in [6, 6.07) is 6.38. The molecule has 0 aliphatic heterocycles. The molecule has 1 aromatic rings. The molecular formula is C9H18O8P2. The second-order valence-electron chi connectivity index (χ2n) is 3.54. The van der Waals surface area contributed by atoms with Crippen LogP contribution in [0.3, 0.4) is 0 Å². The number of hydrogen-bond donors (Lipinski definition) is 6. The Morgan fingerprint density at radius 2 is 0.947 bits per heavy atom. The molecule has 0 bridgehead atoms. The zero-order chi connectivity index (χ0) is 15.9. The molecule has 0 saturated heterocycles. The standard InChI is InChI=1S/C9H12.2H3O4P/c1-7-5-4-6-8(2)9(7)3;2*1-5(2,3)4/h4-6H,1-3H3;2*(H3,1,2,3,4). The van der Waals surface area contributed by atoms with Crippen molar-refractivity contribution in [3.05, 3.63) is 34.9 Å². The second kappa shape index (κ2) is 8.58. The lowest BCUT2D eigenvalue weighted by Gasteiger charge is -2.00.